The normalized spacial score (nSPS) is 11.1. The van der Waals surface area contributed by atoms with Gasteiger partial charge in [-0.25, -0.2) is 4.98 Å². The average Bonchev–Trinajstić information content (AvgIpc) is 2.75. The van der Waals surface area contributed by atoms with Crippen LogP contribution < -0.4 is 0 Å². The summed E-state index contributed by atoms with van der Waals surface area (Å²) in [6.07, 6.45) is 0. The van der Waals surface area contributed by atoms with E-state index in [-0.39, 0.29) is 0 Å². The van der Waals surface area contributed by atoms with Crippen molar-refractivity contribution < 1.29 is 0 Å². The van der Waals surface area contributed by atoms with Gasteiger partial charge in [0, 0.05) is 5.69 Å². The summed E-state index contributed by atoms with van der Waals surface area (Å²) in [5.41, 5.74) is 5.70. The van der Waals surface area contributed by atoms with E-state index in [0.717, 1.165) is 22.5 Å². The first-order valence-electron chi connectivity index (χ1n) is 6.30. The fraction of sp³-hybridized carbons (Fsp3) is 0.188. The topological polar surface area (TPSA) is 17.8 Å². The summed E-state index contributed by atoms with van der Waals surface area (Å²) in [5.74, 6) is 1.29. The van der Waals surface area contributed by atoms with Crippen LogP contribution in [-0.2, 0) is 5.88 Å². The van der Waals surface area contributed by atoms with Crippen LogP contribution in [0.5, 0.6) is 0 Å². The van der Waals surface area contributed by atoms with Crippen molar-refractivity contribution in [1.29, 1.82) is 0 Å². The van der Waals surface area contributed by atoms with Gasteiger partial charge < -0.3 is 0 Å². The Hall–Kier alpha value is -1.80. The molecule has 0 fully saturated rings. The van der Waals surface area contributed by atoms with Crippen molar-refractivity contribution in [2.24, 2.45) is 0 Å². The molecule has 0 spiro atoms. The Balaban J connectivity index is 2.34. The van der Waals surface area contributed by atoms with Crippen LogP contribution in [0.2, 0.25) is 0 Å². The summed E-state index contributed by atoms with van der Waals surface area (Å²) in [7, 11) is 0. The van der Waals surface area contributed by atoms with Gasteiger partial charge in [-0.05, 0) is 49.2 Å². The van der Waals surface area contributed by atoms with Gasteiger partial charge in [0.25, 0.3) is 0 Å². The lowest BCUT2D eigenvalue weighted by molar-refractivity contribution is 0.978. The number of hydrogen-bond acceptors (Lipinski definition) is 1. The van der Waals surface area contributed by atoms with E-state index >= 15 is 0 Å². The number of rotatable bonds is 2. The second-order valence-electron chi connectivity index (χ2n) is 4.83. The quantitative estimate of drug-likeness (QED) is 0.632. The van der Waals surface area contributed by atoms with E-state index in [4.69, 9.17) is 11.6 Å². The maximum Gasteiger partial charge on any atom is 0.129 e. The van der Waals surface area contributed by atoms with E-state index in [1.165, 1.54) is 11.1 Å². The first-order valence-corrected chi connectivity index (χ1v) is 6.83. The number of halogens is 1. The second-order valence-corrected chi connectivity index (χ2v) is 5.10. The summed E-state index contributed by atoms with van der Waals surface area (Å²) in [6, 6.07) is 14.6. The molecule has 0 aliphatic heterocycles. The van der Waals surface area contributed by atoms with Gasteiger partial charge in [0.2, 0.25) is 0 Å². The number of nitrogens with zero attached hydrogens (tertiary/aromatic N) is 2. The minimum atomic E-state index is 0.404. The van der Waals surface area contributed by atoms with Crippen molar-refractivity contribution >= 4 is 22.6 Å². The van der Waals surface area contributed by atoms with Crippen molar-refractivity contribution in [3.63, 3.8) is 0 Å². The van der Waals surface area contributed by atoms with Gasteiger partial charge in [-0.1, -0.05) is 18.2 Å². The predicted molar refractivity (Wildman–Crippen MR) is 80.1 cm³/mol. The van der Waals surface area contributed by atoms with Gasteiger partial charge in [-0.15, -0.1) is 11.6 Å². The lowest BCUT2D eigenvalue weighted by Crippen LogP contribution is -2.00. The highest BCUT2D eigenvalue weighted by Crippen LogP contribution is 2.24. The summed E-state index contributed by atoms with van der Waals surface area (Å²) in [4.78, 5) is 4.60. The van der Waals surface area contributed by atoms with Crippen molar-refractivity contribution in [1.82, 2.24) is 9.55 Å². The van der Waals surface area contributed by atoms with Crippen molar-refractivity contribution in [2.45, 2.75) is 19.7 Å². The highest BCUT2D eigenvalue weighted by Gasteiger charge is 2.11. The van der Waals surface area contributed by atoms with Crippen LogP contribution in [0.15, 0.2) is 42.5 Å². The van der Waals surface area contributed by atoms with Crippen LogP contribution in [0.4, 0.5) is 0 Å². The van der Waals surface area contributed by atoms with Crippen molar-refractivity contribution in [2.75, 3.05) is 0 Å². The van der Waals surface area contributed by atoms with Gasteiger partial charge in [0.1, 0.15) is 5.82 Å². The number of hydrogen-bond donors (Lipinski definition) is 0. The smallest absolute Gasteiger partial charge is 0.129 e. The number of para-hydroxylation sites is 2. The van der Waals surface area contributed by atoms with E-state index in [0.29, 0.717) is 5.88 Å². The van der Waals surface area contributed by atoms with Crippen LogP contribution in [0.3, 0.4) is 0 Å². The van der Waals surface area contributed by atoms with Gasteiger partial charge in [-0.3, -0.25) is 4.57 Å². The lowest BCUT2D eigenvalue weighted by atomic mass is 10.1. The summed E-state index contributed by atoms with van der Waals surface area (Å²) in [5, 5.41) is 0. The van der Waals surface area contributed by atoms with Gasteiger partial charge >= 0.3 is 0 Å². The maximum absolute atomic E-state index is 6.05. The molecule has 2 aromatic carbocycles. The third-order valence-corrected chi connectivity index (χ3v) is 3.45. The first kappa shape index (κ1) is 12.2. The second kappa shape index (κ2) is 4.71. The fourth-order valence-corrected chi connectivity index (χ4v) is 2.71. The molecule has 0 saturated carbocycles. The van der Waals surface area contributed by atoms with Gasteiger partial charge in [0.15, 0.2) is 0 Å². The van der Waals surface area contributed by atoms with Crippen LogP contribution >= 0.6 is 11.6 Å². The number of aromatic nitrogens is 2. The zero-order valence-corrected chi connectivity index (χ0v) is 11.8. The standard InChI is InChI=1S/C16H15ClN2/c1-11-7-12(2)9-13(8-11)19-15-6-4-3-5-14(15)18-16(19)10-17/h3-9H,10H2,1-2H3. The Morgan fingerprint density at radius 3 is 2.42 bits per heavy atom. The molecule has 96 valence electrons. The Morgan fingerprint density at radius 2 is 1.74 bits per heavy atom. The molecule has 0 aliphatic carbocycles. The first-order chi connectivity index (χ1) is 9.19. The molecule has 3 heteroatoms. The number of imidazole rings is 1. The zero-order chi connectivity index (χ0) is 13.4. The highest BCUT2D eigenvalue weighted by molar-refractivity contribution is 6.17. The molecule has 0 unspecified atom stereocenters. The minimum Gasteiger partial charge on any atom is -0.295 e. The monoisotopic (exact) mass is 270 g/mol. The molecule has 1 heterocycles. The number of aryl methyl sites for hydroxylation is 2. The molecule has 1 aromatic heterocycles. The molecular weight excluding hydrogens is 256 g/mol. The van der Waals surface area contributed by atoms with E-state index in [2.05, 4.69) is 47.7 Å². The summed E-state index contributed by atoms with van der Waals surface area (Å²) >= 11 is 6.05. The van der Waals surface area contributed by atoms with Crippen LogP contribution in [0.25, 0.3) is 16.7 Å². The molecule has 0 N–H and O–H groups in total. The number of fused-ring (bicyclic) bond motifs is 1. The fourth-order valence-electron chi connectivity index (χ4n) is 2.53. The van der Waals surface area contributed by atoms with Gasteiger partial charge in [-0.2, -0.15) is 0 Å². The zero-order valence-electron chi connectivity index (χ0n) is 11.0. The lowest BCUT2D eigenvalue weighted by Gasteiger charge is -2.10. The van der Waals surface area contributed by atoms with E-state index in [1.807, 2.05) is 18.2 Å². The molecule has 19 heavy (non-hydrogen) atoms. The predicted octanol–water partition coefficient (Wildman–Crippen LogP) is 4.38. The van der Waals surface area contributed by atoms with Crippen LogP contribution in [-0.4, -0.2) is 9.55 Å². The SMILES string of the molecule is Cc1cc(C)cc(-n2c(CCl)nc3ccccc32)c1. The number of benzene rings is 2. The Labute approximate surface area is 117 Å². The minimum absolute atomic E-state index is 0.404. The molecule has 0 aliphatic rings. The third kappa shape index (κ3) is 2.13. The Bertz CT molecular complexity index is 723. The highest BCUT2D eigenvalue weighted by atomic mass is 35.5. The molecule has 2 nitrogen and oxygen atoms in total. The molecule has 0 atom stereocenters. The van der Waals surface area contributed by atoms with Crippen LogP contribution in [0, 0.1) is 13.8 Å². The molecule has 0 amide bonds. The van der Waals surface area contributed by atoms with E-state index < -0.39 is 0 Å². The van der Waals surface area contributed by atoms with Crippen molar-refractivity contribution in [3.8, 4) is 5.69 Å². The Morgan fingerprint density at radius 1 is 1.05 bits per heavy atom. The number of alkyl halides is 1. The van der Waals surface area contributed by atoms with Crippen LogP contribution in [0.1, 0.15) is 17.0 Å². The molecule has 0 radical (unpaired) electrons. The third-order valence-electron chi connectivity index (χ3n) is 3.21. The van der Waals surface area contributed by atoms with E-state index in [9.17, 15) is 0 Å². The maximum atomic E-state index is 6.05. The average molecular weight is 271 g/mol. The van der Waals surface area contributed by atoms with Crippen molar-refractivity contribution in [3.05, 3.63) is 59.4 Å². The molecular formula is C16H15ClN2. The largest absolute Gasteiger partial charge is 0.295 e. The molecule has 0 bridgehead atoms. The summed E-state index contributed by atoms with van der Waals surface area (Å²) < 4.78 is 2.14. The van der Waals surface area contributed by atoms with E-state index in [1.54, 1.807) is 0 Å². The molecule has 0 saturated heterocycles. The molecule has 3 rings (SSSR count). The van der Waals surface area contributed by atoms with Gasteiger partial charge in [0.05, 0.1) is 16.9 Å². The summed E-state index contributed by atoms with van der Waals surface area (Å²) in [6.45, 7) is 4.21. The Kier molecular flexibility index (Phi) is 3.03. The molecule has 3 aromatic rings.